The number of anilines is 2. The summed E-state index contributed by atoms with van der Waals surface area (Å²) in [5.41, 5.74) is 7.14. The molecular formula is C17H21N3O2S. The van der Waals surface area contributed by atoms with Gasteiger partial charge in [0.25, 0.3) is 0 Å². The van der Waals surface area contributed by atoms with Gasteiger partial charge in [0.15, 0.2) is 9.84 Å². The Morgan fingerprint density at radius 3 is 2.39 bits per heavy atom. The van der Waals surface area contributed by atoms with Crippen LogP contribution in [0.2, 0.25) is 0 Å². The summed E-state index contributed by atoms with van der Waals surface area (Å²) in [6, 6.07) is 13.1. The predicted octanol–water partition coefficient (Wildman–Crippen LogP) is 2.25. The first kappa shape index (κ1) is 15.8. The maximum absolute atomic E-state index is 12.6. The monoisotopic (exact) mass is 331 g/mol. The Hall–Kier alpha value is -2.08. The van der Waals surface area contributed by atoms with Gasteiger partial charge in [-0.3, -0.25) is 0 Å². The van der Waals surface area contributed by atoms with Crippen molar-refractivity contribution in [3.05, 3.63) is 54.2 Å². The van der Waals surface area contributed by atoms with Gasteiger partial charge < -0.3 is 10.6 Å². The average molecular weight is 331 g/mol. The van der Waals surface area contributed by atoms with Gasteiger partial charge in [-0.15, -0.1) is 0 Å². The fourth-order valence-electron chi connectivity index (χ4n) is 2.95. The van der Waals surface area contributed by atoms with Crippen LogP contribution in [0.25, 0.3) is 0 Å². The quantitative estimate of drug-likeness (QED) is 0.930. The van der Waals surface area contributed by atoms with Gasteiger partial charge in [-0.25, -0.2) is 13.4 Å². The number of nitrogens with zero attached hydrogens (tertiary/aromatic N) is 2. The fourth-order valence-corrected chi connectivity index (χ4v) is 4.77. The zero-order chi connectivity index (χ0) is 16.3. The third kappa shape index (κ3) is 3.82. The second kappa shape index (κ2) is 6.58. The molecule has 6 heteroatoms. The first-order valence-corrected chi connectivity index (χ1v) is 9.48. The first-order chi connectivity index (χ1) is 11.0. The van der Waals surface area contributed by atoms with Crippen LogP contribution in [-0.2, 0) is 15.6 Å². The number of piperidine rings is 1. The van der Waals surface area contributed by atoms with E-state index in [1.807, 2.05) is 42.5 Å². The summed E-state index contributed by atoms with van der Waals surface area (Å²) in [6.45, 7) is 1.41. The molecule has 3 rings (SSSR count). The highest BCUT2D eigenvalue weighted by Gasteiger charge is 2.30. The second-order valence-electron chi connectivity index (χ2n) is 5.93. The Kier molecular flexibility index (Phi) is 4.52. The molecule has 0 bridgehead atoms. The van der Waals surface area contributed by atoms with Crippen molar-refractivity contribution in [3.8, 4) is 0 Å². The lowest BCUT2D eigenvalue weighted by atomic mass is 10.1. The molecular weight excluding hydrogens is 310 g/mol. The van der Waals surface area contributed by atoms with E-state index in [1.165, 1.54) is 0 Å². The highest BCUT2D eigenvalue weighted by atomic mass is 32.2. The molecule has 2 N–H and O–H groups in total. The number of pyridine rings is 1. The van der Waals surface area contributed by atoms with E-state index in [1.54, 1.807) is 6.20 Å². The van der Waals surface area contributed by atoms with Crippen LogP contribution in [0, 0.1) is 0 Å². The summed E-state index contributed by atoms with van der Waals surface area (Å²) in [5, 5.41) is -0.271. The minimum absolute atomic E-state index is 0.124. The zero-order valence-corrected chi connectivity index (χ0v) is 13.7. The van der Waals surface area contributed by atoms with Crippen LogP contribution in [0.1, 0.15) is 18.4 Å². The number of hydrogen-bond acceptors (Lipinski definition) is 5. The summed E-state index contributed by atoms with van der Waals surface area (Å²) in [5.74, 6) is 0.983. The molecule has 0 radical (unpaired) electrons. The van der Waals surface area contributed by atoms with Crippen molar-refractivity contribution in [1.29, 1.82) is 0 Å². The van der Waals surface area contributed by atoms with E-state index in [4.69, 9.17) is 5.73 Å². The lowest BCUT2D eigenvalue weighted by Gasteiger charge is -2.32. The lowest BCUT2D eigenvalue weighted by molar-refractivity contribution is 0.527. The van der Waals surface area contributed by atoms with Gasteiger partial charge in [-0.2, -0.15) is 0 Å². The summed E-state index contributed by atoms with van der Waals surface area (Å²) in [7, 11) is -3.12. The zero-order valence-electron chi connectivity index (χ0n) is 12.9. The predicted molar refractivity (Wildman–Crippen MR) is 93.0 cm³/mol. The van der Waals surface area contributed by atoms with Crippen molar-refractivity contribution in [2.45, 2.75) is 23.8 Å². The van der Waals surface area contributed by atoms with Crippen LogP contribution in [0.4, 0.5) is 11.5 Å². The van der Waals surface area contributed by atoms with Gasteiger partial charge in [-0.05, 0) is 30.5 Å². The molecule has 1 aliphatic rings. The van der Waals surface area contributed by atoms with E-state index in [2.05, 4.69) is 9.88 Å². The standard InChI is InChI=1S/C17H21N3O2S/c18-15-6-7-17(19-12-15)20-10-8-16(9-11-20)23(21,22)13-14-4-2-1-3-5-14/h1-7,12,16H,8-11,13,18H2. The van der Waals surface area contributed by atoms with Crippen molar-refractivity contribution in [2.24, 2.45) is 0 Å². The fraction of sp³-hybridized carbons (Fsp3) is 0.353. The van der Waals surface area contributed by atoms with E-state index < -0.39 is 9.84 Å². The average Bonchev–Trinajstić information content (AvgIpc) is 2.56. The molecule has 23 heavy (non-hydrogen) atoms. The lowest BCUT2D eigenvalue weighted by Crippen LogP contribution is -2.40. The summed E-state index contributed by atoms with van der Waals surface area (Å²) < 4.78 is 25.2. The first-order valence-electron chi connectivity index (χ1n) is 7.76. The van der Waals surface area contributed by atoms with Crippen molar-refractivity contribution in [3.63, 3.8) is 0 Å². The van der Waals surface area contributed by atoms with Gasteiger partial charge in [-0.1, -0.05) is 30.3 Å². The van der Waals surface area contributed by atoms with Gasteiger partial charge in [0.05, 0.1) is 22.9 Å². The Balaban J connectivity index is 1.63. The van der Waals surface area contributed by atoms with Crippen LogP contribution in [-0.4, -0.2) is 31.7 Å². The molecule has 1 fully saturated rings. The third-order valence-corrected chi connectivity index (χ3v) is 6.48. The van der Waals surface area contributed by atoms with Crippen LogP contribution in [0.5, 0.6) is 0 Å². The van der Waals surface area contributed by atoms with E-state index in [0.717, 1.165) is 11.4 Å². The largest absolute Gasteiger partial charge is 0.397 e. The molecule has 1 aliphatic heterocycles. The Morgan fingerprint density at radius 2 is 1.78 bits per heavy atom. The highest BCUT2D eigenvalue weighted by Crippen LogP contribution is 2.24. The van der Waals surface area contributed by atoms with E-state index in [0.29, 0.717) is 31.6 Å². The molecule has 0 unspecified atom stereocenters. The van der Waals surface area contributed by atoms with E-state index in [9.17, 15) is 8.42 Å². The highest BCUT2D eigenvalue weighted by molar-refractivity contribution is 7.91. The van der Waals surface area contributed by atoms with Gasteiger partial charge in [0.1, 0.15) is 5.82 Å². The minimum Gasteiger partial charge on any atom is -0.397 e. The van der Waals surface area contributed by atoms with Crippen molar-refractivity contribution in [1.82, 2.24) is 4.98 Å². The molecule has 2 aromatic rings. The Morgan fingerprint density at radius 1 is 1.09 bits per heavy atom. The number of rotatable bonds is 4. The summed E-state index contributed by atoms with van der Waals surface area (Å²) >= 11 is 0. The maximum atomic E-state index is 12.6. The molecule has 1 aromatic heterocycles. The van der Waals surface area contributed by atoms with Crippen LogP contribution >= 0.6 is 0 Å². The molecule has 122 valence electrons. The molecule has 0 amide bonds. The van der Waals surface area contributed by atoms with Crippen LogP contribution in [0.15, 0.2) is 48.7 Å². The van der Waals surface area contributed by atoms with Crippen molar-refractivity contribution < 1.29 is 8.42 Å². The number of nitrogen functional groups attached to an aromatic ring is 1. The topological polar surface area (TPSA) is 76.3 Å². The normalized spacial score (nSPS) is 16.4. The Bertz CT molecular complexity index is 737. The van der Waals surface area contributed by atoms with Crippen LogP contribution < -0.4 is 10.6 Å². The van der Waals surface area contributed by atoms with Crippen molar-refractivity contribution >= 4 is 21.3 Å². The third-order valence-electron chi connectivity index (χ3n) is 4.26. The number of sulfone groups is 1. The minimum atomic E-state index is -3.12. The SMILES string of the molecule is Nc1ccc(N2CCC(S(=O)(=O)Cc3ccccc3)CC2)nc1. The second-order valence-corrected chi connectivity index (χ2v) is 8.21. The van der Waals surface area contributed by atoms with Gasteiger partial charge in [0, 0.05) is 13.1 Å². The maximum Gasteiger partial charge on any atom is 0.157 e. The van der Waals surface area contributed by atoms with E-state index >= 15 is 0 Å². The van der Waals surface area contributed by atoms with Crippen molar-refractivity contribution in [2.75, 3.05) is 23.7 Å². The van der Waals surface area contributed by atoms with Gasteiger partial charge >= 0.3 is 0 Å². The number of aromatic nitrogens is 1. The summed E-state index contributed by atoms with van der Waals surface area (Å²) in [6.07, 6.45) is 2.91. The Labute approximate surface area is 137 Å². The smallest absolute Gasteiger partial charge is 0.157 e. The molecule has 0 saturated carbocycles. The molecule has 5 nitrogen and oxygen atoms in total. The molecule has 1 saturated heterocycles. The molecule has 0 atom stereocenters. The number of nitrogens with two attached hydrogens (primary N) is 1. The van der Waals surface area contributed by atoms with Crippen LogP contribution in [0.3, 0.4) is 0 Å². The number of hydrogen-bond donors (Lipinski definition) is 1. The van der Waals surface area contributed by atoms with E-state index in [-0.39, 0.29) is 11.0 Å². The molecule has 2 heterocycles. The van der Waals surface area contributed by atoms with Gasteiger partial charge in [0.2, 0.25) is 0 Å². The number of benzene rings is 1. The summed E-state index contributed by atoms with van der Waals surface area (Å²) in [4.78, 5) is 6.43. The molecule has 1 aromatic carbocycles. The molecule has 0 aliphatic carbocycles. The molecule has 0 spiro atoms.